The van der Waals surface area contributed by atoms with Gasteiger partial charge in [0, 0.05) is 17.7 Å². The van der Waals surface area contributed by atoms with Crippen LogP contribution in [0.3, 0.4) is 0 Å². The van der Waals surface area contributed by atoms with Crippen LogP contribution >= 0.6 is 0 Å². The van der Waals surface area contributed by atoms with Crippen LogP contribution < -0.4 is 18.9 Å². The Balaban J connectivity index is 1.97. The van der Waals surface area contributed by atoms with Crippen LogP contribution in [0, 0.1) is 10.1 Å². The maximum absolute atomic E-state index is 14.2. The van der Waals surface area contributed by atoms with Crippen LogP contribution in [-0.4, -0.2) is 42.2 Å². The molecule has 0 saturated carbocycles. The van der Waals surface area contributed by atoms with E-state index in [0.29, 0.717) is 28.4 Å². The Morgan fingerprint density at radius 2 is 1.83 bits per heavy atom. The fourth-order valence-corrected chi connectivity index (χ4v) is 4.57. The smallest absolute Gasteiger partial charge is 0.312 e. The summed E-state index contributed by atoms with van der Waals surface area (Å²) in [6.45, 7) is 7.09. The third kappa shape index (κ3) is 3.67. The number of phenolic OH excluding ortho intramolecular Hbond substituents is 1. The zero-order valence-corrected chi connectivity index (χ0v) is 20.4. The minimum Gasteiger partial charge on any atom is -0.506 e. The van der Waals surface area contributed by atoms with E-state index >= 15 is 0 Å². The molecule has 1 N–H and O–H groups in total. The predicted molar refractivity (Wildman–Crippen MR) is 129 cm³/mol. The topological polar surface area (TPSA) is 117 Å². The lowest BCUT2D eigenvalue weighted by Crippen LogP contribution is -2.40. The molecule has 1 atom stereocenters. The number of phenols is 1. The number of carbonyl (C=O) groups excluding carboxylic acids is 1. The first kappa shape index (κ1) is 24.1. The molecule has 2 aromatic rings. The number of Topliss-reactive ketones (excluding diaryl/α,β-unsaturated/α-hetero) is 1. The van der Waals surface area contributed by atoms with E-state index in [0.717, 1.165) is 6.07 Å². The molecule has 1 unspecified atom stereocenters. The fourth-order valence-electron chi connectivity index (χ4n) is 4.57. The monoisotopic (exact) mass is 481 g/mol. The number of nitro groups is 1. The molecule has 2 aliphatic rings. The van der Waals surface area contributed by atoms with Gasteiger partial charge in [0.05, 0.1) is 35.7 Å². The summed E-state index contributed by atoms with van der Waals surface area (Å²) in [5.74, 6) is 0.261. The lowest BCUT2D eigenvalue weighted by atomic mass is 9.68. The van der Waals surface area contributed by atoms with E-state index in [4.69, 9.17) is 18.9 Å². The molecule has 184 valence electrons. The zero-order valence-electron chi connectivity index (χ0n) is 20.4. The van der Waals surface area contributed by atoms with Crippen LogP contribution in [0.2, 0.25) is 0 Å². The van der Waals surface area contributed by atoms with E-state index in [1.54, 1.807) is 58.1 Å². The van der Waals surface area contributed by atoms with Crippen molar-refractivity contribution >= 4 is 17.5 Å². The highest BCUT2D eigenvalue weighted by atomic mass is 16.6. The maximum Gasteiger partial charge on any atom is 0.312 e. The van der Waals surface area contributed by atoms with Crippen molar-refractivity contribution in [3.8, 4) is 28.7 Å². The molecule has 35 heavy (non-hydrogen) atoms. The van der Waals surface area contributed by atoms with Crippen LogP contribution in [0.1, 0.15) is 49.2 Å². The quantitative estimate of drug-likeness (QED) is 0.275. The Labute approximate surface area is 202 Å². The molecule has 0 fully saturated rings. The van der Waals surface area contributed by atoms with Crippen molar-refractivity contribution in [2.45, 2.75) is 38.7 Å². The molecule has 2 heterocycles. The summed E-state index contributed by atoms with van der Waals surface area (Å²) in [6.07, 6.45) is 4.99. The number of ether oxygens (including phenoxy) is 4. The fraction of sp³-hybridized carbons (Fsp3) is 0.346. The Hall–Kier alpha value is -4.01. The normalized spacial score (nSPS) is 20.8. The highest BCUT2D eigenvalue weighted by Gasteiger charge is 2.47. The molecule has 2 aliphatic heterocycles. The van der Waals surface area contributed by atoms with E-state index in [-0.39, 0.29) is 29.2 Å². The molecule has 0 bridgehead atoms. The minimum atomic E-state index is -1.31. The first-order valence-electron chi connectivity index (χ1n) is 11.0. The second-order valence-electron chi connectivity index (χ2n) is 9.09. The van der Waals surface area contributed by atoms with Gasteiger partial charge in [0.15, 0.2) is 17.3 Å². The molecular weight excluding hydrogens is 454 g/mol. The molecule has 4 rings (SSSR count). The first-order chi connectivity index (χ1) is 16.5. The number of nitrogens with zero attached hydrogens (tertiary/aromatic N) is 1. The van der Waals surface area contributed by atoms with Gasteiger partial charge in [-0.3, -0.25) is 14.9 Å². The van der Waals surface area contributed by atoms with E-state index < -0.39 is 27.4 Å². The number of ketones is 1. The summed E-state index contributed by atoms with van der Waals surface area (Å²) in [5, 5.41) is 23.1. The molecule has 0 spiro atoms. The number of nitro benzene ring substituents is 1. The number of hydrogen-bond acceptors (Lipinski definition) is 8. The maximum atomic E-state index is 14.2. The SMILES string of the molecule is C/C=C1\COc2cc(OC)c(OC)cc2C1(C)C(=O)c1cc([N+](=O)[O-])c2c(c1O)C=CC(C)(C)O2. The van der Waals surface area contributed by atoms with Gasteiger partial charge in [-0.05, 0) is 51.5 Å². The largest absolute Gasteiger partial charge is 0.506 e. The molecule has 9 heteroatoms. The van der Waals surface area contributed by atoms with Crippen LogP contribution in [0.5, 0.6) is 28.7 Å². The van der Waals surface area contributed by atoms with Gasteiger partial charge in [-0.25, -0.2) is 0 Å². The zero-order chi connectivity index (χ0) is 25.7. The summed E-state index contributed by atoms with van der Waals surface area (Å²) in [6, 6.07) is 4.38. The van der Waals surface area contributed by atoms with Crippen molar-refractivity contribution in [1.82, 2.24) is 0 Å². The summed E-state index contributed by atoms with van der Waals surface area (Å²) in [4.78, 5) is 25.5. The number of hydrogen-bond donors (Lipinski definition) is 1. The van der Waals surface area contributed by atoms with E-state index in [2.05, 4.69) is 0 Å². The van der Waals surface area contributed by atoms with Crippen molar-refractivity contribution < 1.29 is 33.8 Å². The molecular formula is C26H27NO8. The number of methoxy groups -OCH3 is 2. The predicted octanol–water partition coefficient (Wildman–Crippen LogP) is 4.98. The second-order valence-corrected chi connectivity index (χ2v) is 9.09. The van der Waals surface area contributed by atoms with Crippen molar-refractivity contribution in [2.24, 2.45) is 0 Å². The lowest BCUT2D eigenvalue weighted by Gasteiger charge is -2.38. The highest BCUT2D eigenvalue weighted by Crippen LogP contribution is 2.51. The van der Waals surface area contributed by atoms with Gasteiger partial charge < -0.3 is 24.1 Å². The van der Waals surface area contributed by atoms with Gasteiger partial charge in [-0.15, -0.1) is 0 Å². The van der Waals surface area contributed by atoms with Crippen molar-refractivity contribution in [3.05, 3.63) is 62.7 Å². The summed E-state index contributed by atoms with van der Waals surface area (Å²) < 4.78 is 22.5. The molecule has 9 nitrogen and oxygen atoms in total. The van der Waals surface area contributed by atoms with Gasteiger partial charge in [0.2, 0.25) is 5.75 Å². The number of carbonyl (C=O) groups is 1. The average molecular weight is 482 g/mol. The van der Waals surface area contributed by atoms with Crippen LogP contribution in [0.4, 0.5) is 5.69 Å². The van der Waals surface area contributed by atoms with Crippen molar-refractivity contribution in [1.29, 1.82) is 0 Å². The molecule has 0 aliphatic carbocycles. The molecule has 0 radical (unpaired) electrons. The van der Waals surface area contributed by atoms with E-state index in [9.17, 15) is 20.0 Å². The highest BCUT2D eigenvalue weighted by molar-refractivity contribution is 6.10. The Morgan fingerprint density at radius 3 is 2.43 bits per heavy atom. The summed E-state index contributed by atoms with van der Waals surface area (Å²) in [7, 11) is 2.98. The van der Waals surface area contributed by atoms with E-state index in [1.165, 1.54) is 14.2 Å². The second kappa shape index (κ2) is 8.33. The minimum absolute atomic E-state index is 0.0771. The van der Waals surface area contributed by atoms with Gasteiger partial charge in [-0.1, -0.05) is 6.08 Å². The Bertz CT molecular complexity index is 1310. The van der Waals surface area contributed by atoms with Crippen LogP contribution in [0.15, 0.2) is 35.9 Å². The Kier molecular flexibility index (Phi) is 5.75. The molecule has 0 saturated heterocycles. The van der Waals surface area contributed by atoms with Crippen LogP contribution in [-0.2, 0) is 5.41 Å². The van der Waals surface area contributed by atoms with Gasteiger partial charge >= 0.3 is 5.69 Å². The van der Waals surface area contributed by atoms with Gasteiger partial charge in [-0.2, -0.15) is 0 Å². The number of benzene rings is 2. The van der Waals surface area contributed by atoms with Crippen LogP contribution in [0.25, 0.3) is 6.08 Å². The molecule has 0 amide bonds. The summed E-state index contributed by atoms with van der Waals surface area (Å²) in [5.41, 5.74) is -1.49. The summed E-state index contributed by atoms with van der Waals surface area (Å²) >= 11 is 0. The van der Waals surface area contributed by atoms with Gasteiger partial charge in [0.1, 0.15) is 23.7 Å². The number of fused-ring (bicyclic) bond motifs is 2. The average Bonchev–Trinajstić information content (AvgIpc) is 2.82. The van der Waals surface area contributed by atoms with Crippen molar-refractivity contribution in [2.75, 3.05) is 20.8 Å². The molecule has 0 aromatic heterocycles. The molecule has 2 aromatic carbocycles. The van der Waals surface area contributed by atoms with Gasteiger partial charge in [0.25, 0.3) is 0 Å². The van der Waals surface area contributed by atoms with E-state index in [1.807, 2.05) is 0 Å². The lowest BCUT2D eigenvalue weighted by molar-refractivity contribution is -0.386. The third-order valence-electron chi connectivity index (χ3n) is 6.58. The third-order valence-corrected chi connectivity index (χ3v) is 6.58. The first-order valence-corrected chi connectivity index (χ1v) is 11.0. The number of allylic oxidation sites excluding steroid dienone is 1. The standard InChI is InChI=1S/C26H27NO8/c1-7-14-13-34-19-12-21(33-6)20(32-5)11-17(19)26(14,4)24(29)16-10-18(27(30)31)23-15(22(16)28)8-9-25(2,3)35-23/h7-12,28H,13H2,1-6H3/b14-7+. The number of aromatic hydroxyl groups is 1. The van der Waals surface area contributed by atoms with Crippen molar-refractivity contribution in [3.63, 3.8) is 0 Å². The number of rotatable bonds is 5. The Morgan fingerprint density at radius 1 is 1.17 bits per heavy atom.